The first-order chi connectivity index (χ1) is 12.8. The molecule has 1 aromatic heterocycles. The number of nitrogens with zero attached hydrogens (tertiary/aromatic N) is 3. The highest BCUT2D eigenvalue weighted by atomic mass is 79.9. The van der Waals surface area contributed by atoms with E-state index in [9.17, 15) is 9.59 Å². The number of carbonyl (C=O) groups excluding carboxylic acids is 1. The van der Waals surface area contributed by atoms with Gasteiger partial charge in [0.05, 0.1) is 24.1 Å². The number of anilines is 1. The lowest BCUT2D eigenvalue weighted by Gasteiger charge is -2.35. The van der Waals surface area contributed by atoms with Crippen LogP contribution in [-0.2, 0) is 18.3 Å². The molecule has 7 nitrogen and oxygen atoms in total. The zero-order valence-corrected chi connectivity index (χ0v) is 17.2. The lowest BCUT2D eigenvalue weighted by atomic mass is 10.1. The summed E-state index contributed by atoms with van der Waals surface area (Å²) in [4.78, 5) is 26.4. The molecule has 0 bridgehead atoms. The first-order valence-corrected chi connectivity index (χ1v) is 9.64. The molecule has 2 unspecified atom stereocenters. The fourth-order valence-corrected chi connectivity index (χ4v) is 3.62. The molecule has 0 radical (unpaired) electrons. The molecule has 0 spiro atoms. The molecule has 1 N–H and O–H groups in total. The molecule has 1 saturated heterocycles. The summed E-state index contributed by atoms with van der Waals surface area (Å²) in [7, 11) is 1.60. The molecule has 1 aliphatic rings. The minimum Gasteiger partial charge on any atom is -0.379 e. The average Bonchev–Trinajstić information content (AvgIpc) is 2.65. The normalized spacial score (nSPS) is 19.8. The van der Waals surface area contributed by atoms with Gasteiger partial charge in [-0.3, -0.25) is 9.59 Å². The smallest absolute Gasteiger partial charge is 0.282 e. The lowest BCUT2D eigenvalue weighted by molar-refractivity contribution is -0.0586. The second kappa shape index (κ2) is 8.22. The molecule has 1 amide bonds. The Labute approximate surface area is 166 Å². The first kappa shape index (κ1) is 19.6. The zero-order chi connectivity index (χ0) is 19.6. The third-order valence-electron chi connectivity index (χ3n) is 4.47. The van der Waals surface area contributed by atoms with Crippen LogP contribution < -0.4 is 10.9 Å². The minimum absolute atomic E-state index is 0.0232. The molecule has 2 atom stereocenters. The van der Waals surface area contributed by atoms with E-state index in [1.54, 1.807) is 13.2 Å². The van der Waals surface area contributed by atoms with Gasteiger partial charge < -0.3 is 15.0 Å². The Bertz CT molecular complexity index is 872. The maximum Gasteiger partial charge on any atom is 0.282 e. The molecule has 0 aliphatic carbocycles. The number of nitrogens with one attached hydrogen (secondary N) is 1. The highest BCUT2D eigenvalue weighted by molar-refractivity contribution is 9.10. The SMILES string of the molecule is CC1CN(C(=O)c2ccc(CNc3cnn(C)c(=O)c3Br)cc2)CC(C)O1. The summed E-state index contributed by atoms with van der Waals surface area (Å²) in [6.45, 7) is 5.70. The van der Waals surface area contributed by atoms with Crippen LogP contribution in [0, 0.1) is 0 Å². The number of benzene rings is 1. The molecule has 2 aromatic rings. The number of rotatable bonds is 4. The number of carbonyl (C=O) groups is 1. The van der Waals surface area contributed by atoms with Gasteiger partial charge in [-0.15, -0.1) is 0 Å². The Kier molecular flexibility index (Phi) is 5.96. The van der Waals surface area contributed by atoms with Gasteiger partial charge in [-0.05, 0) is 47.5 Å². The van der Waals surface area contributed by atoms with Crippen molar-refractivity contribution in [2.75, 3.05) is 18.4 Å². The van der Waals surface area contributed by atoms with E-state index in [1.165, 1.54) is 4.68 Å². The quantitative estimate of drug-likeness (QED) is 0.799. The van der Waals surface area contributed by atoms with Crippen LogP contribution in [0.4, 0.5) is 5.69 Å². The van der Waals surface area contributed by atoms with Crippen LogP contribution in [0.1, 0.15) is 29.8 Å². The van der Waals surface area contributed by atoms with Crippen molar-refractivity contribution in [3.8, 4) is 0 Å². The highest BCUT2D eigenvalue weighted by Gasteiger charge is 2.26. The third kappa shape index (κ3) is 4.56. The van der Waals surface area contributed by atoms with Gasteiger partial charge in [0.25, 0.3) is 11.5 Å². The molecule has 27 heavy (non-hydrogen) atoms. The van der Waals surface area contributed by atoms with Crippen LogP contribution in [0.15, 0.2) is 39.7 Å². The summed E-state index contributed by atoms with van der Waals surface area (Å²) in [5.41, 5.74) is 2.10. The monoisotopic (exact) mass is 434 g/mol. The van der Waals surface area contributed by atoms with Gasteiger partial charge in [-0.1, -0.05) is 12.1 Å². The van der Waals surface area contributed by atoms with E-state index in [2.05, 4.69) is 26.3 Å². The summed E-state index contributed by atoms with van der Waals surface area (Å²) >= 11 is 3.29. The average molecular weight is 435 g/mol. The standard InChI is InChI=1S/C19H23BrN4O3/c1-12-10-24(11-13(2)27-12)18(25)15-6-4-14(5-7-15)8-21-16-9-22-23(3)19(26)17(16)20/h4-7,9,12-13,21H,8,10-11H2,1-3H3. The first-order valence-electron chi connectivity index (χ1n) is 8.84. The summed E-state index contributed by atoms with van der Waals surface area (Å²) in [6.07, 6.45) is 1.70. The van der Waals surface area contributed by atoms with Gasteiger partial charge in [-0.25, -0.2) is 4.68 Å². The van der Waals surface area contributed by atoms with Crippen LogP contribution in [0.25, 0.3) is 0 Å². The summed E-state index contributed by atoms with van der Waals surface area (Å²) in [6, 6.07) is 7.49. The fourth-order valence-electron chi connectivity index (χ4n) is 3.12. The Balaban J connectivity index is 1.64. The van der Waals surface area contributed by atoms with Crippen LogP contribution in [0.3, 0.4) is 0 Å². The van der Waals surface area contributed by atoms with Crippen LogP contribution in [0.2, 0.25) is 0 Å². The highest BCUT2D eigenvalue weighted by Crippen LogP contribution is 2.18. The van der Waals surface area contributed by atoms with E-state index in [-0.39, 0.29) is 23.7 Å². The van der Waals surface area contributed by atoms with E-state index in [0.717, 1.165) is 5.56 Å². The number of amides is 1. The maximum absolute atomic E-state index is 12.7. The number of aromatic nitrogens is 2. The Morgan fingerprint density at radius 3 is 2.52 bits per heavy atom. The summed E-state index contributed by atoms with van der Waals surface area (Å²) in [5, 5.41) is 7.19. The van der Waals surface area contributed by atoms with E-state index in [4.69, 9.17) is 4.74 Å². The van der Waals surface area contributed by atoms with Gasteiger partial charge >= 0.3 is 0 Å². The molecule has 2 heterocycles. The van der Waals surface area contributed by atoms with Crippen LogP contribution in [0.5, 0.6) is 0 Å². The molecule has 1 aromatic carbocycles. The zero-order valence-electron chi connectivity index (χ0n) is 15.6. The van der Waals surface area contributed by atoms with Crippen molar-refractivity contribution in [2.45, 2.75) is 32.6 Å². The van der Waals surface area contributed by atoms with E-state index in [1.807, 2.05) is 43.0 Å². The van der Waals surface area contributed by atoms with Crippen molar-refractivity contribution < 1.29 is 9.53 Å². The minimum atomic E-state index is -0.199. The third-order valence-corrected chi connectivity index (χ3v) is 5.24. The van der Waals surface area contributed by atoms with Gasteiger partial charge in [0.1, 0.15) is 4.47 Å². The van der Waals surface area contributed by atoms with E-state index in [0.29, 0.717) is 35.4 Å². The maximum atomic E-state index is 12.7. The molecule has 8 heteroatoms. The predicted molar refractivity (Wildman–Crippen MR) is 107 cm³/mol. The number of hydrogen-bond acceptors (Lipinski definition) is 5. The van der Waals surface area contributed by atoms with Crippen molar-refractivity contribution in [1.82, 2.24) is 14.7 Å². The lowest BCUT2D eigenvalue weighted by Crippen LogP contribution is -2.48. The number of hydrogen-bond donors (Lipinski definition) is 1. The van der Waals surface area contributed by atoms with E-state index < -0.39 is 0 Å². The van der Waals surface area contributed by atoms with Crippen molar-refractivity contribution in [3.63, 3.8) is 0 Å². The Morgan fingerprint density at radius 2 is 1.89 bits per heavy atom. The van der Waals surface area contributed by atoms with Gasteiger partial charge in [-0.2, -0.15) is 5.10 Å². The topological polar surface area (TPSA) is 76.5 Å². The van der Waals surface area contributed by atoms with Gasteiger partial charge in [0, 0.05) is 32.2 Å². The summed E-state index contributed by atoms with van der Waals surface area (Å²) in [5.74, 6) is 0.0232. The van der Waals surface area contributed by atoms with Gasteiger partial charge in [0.2, 0.25) is 0 Å². The number of aryl methyl sites for hydroxylation is 1. The summed E-state index contributed by atoms with van der Waals surface area (Å²) < 4.78 is 7.40. The largest absolute Gasteiger partial charge is 0.379 e. The predicted octanol–water partition coefficient (Wildman–Crippen LogP) is 2.40. The van der Waals surface area contributed by atoms with Gasteiger partial charge in [0.15, 0.2) is 0 Å². The Hall–Kier alpha value is -2.19. The number of halogens is 1. The number of ether oxygens (including phenoxy) is 1. The van der Waals surface area contributed by atoms with Crippen molar-refractivity contribution in [3.05, 3.63) is 56.4 Å². The van der Waals surface area contributed by atoms with E-state index >= 15 is 0 Å². The fraction of sp³-hybridized carbons (Fsp3) is 0.421. The molecule has 1 aliphatic heterocycles. The second-order valence-corrected chi connectivity index (χ2v) is 7.61. The molecule has 0 saturated carbocycles. The molecule has 144 valence electrons. The molecular weight excluding hydrogens is 412 g/mol. The molecular formula is C19H23BrN4O3. The number of morpholine rings is 1. The Morgan fingerprint density at radius 1 is 1.26 bits per heavy atom. The molecule has 3 rings (SSSR count). The van der Waals surface area contributed by atoms with Crippen LogP contribution >= 0.6 is 15.9 Å². The van der Waals surface area contributed by atoms with Crippen molar-refractivity contribution >= 4 is 27.5 Å². The van der Waals surface area contributed by atoms with Crippen molar-refractivity contribution in [2.24, 2.45) is 7.05 Å². The molecule has 1 fully saturated rings. The van der Waals surface area contributed by atoms with Crippen molar-refractivity contribution in [1.29, 1.82) is 0 Å². The van der Waals surface area contributed by atoms with Crippen LogP contribution in [-0.4, -0.2) is 45.9 Å². The second-order valence-electron chi connectivity index (χ2n) is 6.82.